The summed E-state index contributed by atoms with van der Waals surface area (Å²) in [6.07, 6.45) is 7.16. The number of unbranched alkanes of at least 4 members (excludes halogenated alkanes) is 2. The van der Waals surface area contributed by atoms with Gasteiger partial charge < -0.3 is 15.3 Å². The number of nitrogens with one attached hydrogen (secondary N) is 1. The number of amides is 2. The van der Waals surface area contributed by atoms with Crippen LogP contribution in [0.1, 0.15) is 32.1 Å². The number of carboxylic acids is 1. The van der Waals surface area contributed by atoms with Gasteiger partial charge in [-0.1, -0.05) is 6.42 Å². The molecule has 0 heterocycles. The lowest BCUT2D eigenvalue weighted by Gasteiger charge is -2.20. The highest BCUT2D eigenvalue weighted by Gasteiger charge is 2.33. The van der Waals surface area contributed by atoms with Gasteiger partial charge in [-0.05, 0) is 37.7 Å². The second-order valence-corrected chi connectivity index (χ2v) is 5.52. The van der Waals surface area contributed by atoms with Crippen molar-refractivity contribution in [1.29, 1.82) is 0 Å². The van der Waals surface area contributed by atoms with Crippen LogP contribution >= 0.6 is 11.8 Å². The van der Waals surface area contributed by atoms with E-state index < -0.39 is 5.97 Å². The van der Waals surface area contributed by atoms with Crippen molar-refractivity contribution in [1.82, 2.24) is 10.2 Å². The molecule has 6 heteroatoms. The monoisotopic (exact) mass is 274 g/mol. The van der Waals surface area contributed by atoms with E-state index in [4.69, 9.17) is 5.11 Å². The average Bonchev–Trinajstić information content (AvgIpc) is 3.14. The smallest absolute Gasteiger partial charge is 0.323 e. The number of rotatable bonds is 9. The van der Waals surface area contributed by atoms with Crippen molar-refractivity contribution >= 4 is 23.8 Å². The number of aliphatic carboxylic acids is 1. The highest BCUT2D eigenvalue weighted by Crippen LogP contribution is 2.26. The minimum absolute atomic E-state index is 0.137. The Hall–Kier alpha value is -0.910. The van der Waals surface area contributed by atoms with E-state index in [0.29, 0.717) is 6.54 Å². The predicted molar refractivity (Wildman–Crippen MR) is 73.0 cm³/mol. The SMILES string of the molecule is CSCCCCCNC(=O)N(CC(=O)O)C1CC1. The maximum Gasteiger partial charge on any atom is 0.323 e. The lowest BCUT2D eigenvalue weighted by atomic mass is 10.2. The Morgan fingerprint density at radius 1 is 1.33 bits per heavy atom. The number of carbonyl (C=O) groups excluding carboxylic acids is 1. The van der Waals surface area contributed by atoms with Crippen molar-refractivity contribution in [3.05, 3.63) is 0 Å². The van der Waals surface area contributed by atoms with E-state index >= 15 is 0 Å². The summed E-state index contributed by atoms with van der Waals surface area (Å²) in [6.45, 7) is 0.443. The molecule has 104 valence electrons. The highest BCUT2D eigenvalue weighted by atomic mass is 32.2. The first kappa shape index (κ1) is 15.1. The first-order valence-corrected chi connectivity index (χ1v) is 7.79. The lowest BCUT2D eigenvalue weighted by molar-refractivity contribution is -0.137. The van der Waals surface area contributed by atoms with E-state index in [9.17, 15) is 9.59 Å². The predicted octanol–water partition coefficient (Wildman–Crippen LogP) is 1.78. The molecule has 18 heavy (non-hydrogen) atoms. The van der Waals surface area contributed by atoms with Crippen LogP contribution in [-0.2, 0) is 4.79 Å². The average molecular weight is 274 g/mol. The van der Waals surface area contributed by atoms with E-state index in [1.54, 1.807) is 0 Å². The van der Waals surface area contributed by atoms with Crippen molar-refractivity contribution in [2.45, 2.75) is 38.1 Å². The Kier molecular flexibility index (Phi) is 6.93. The Labute approximate surface area is 112 Å². The maximum absolute atomic E-state index is 11.8. The van der Waals surface area contributed by atoms with Crippen LogP contribution in [0.4, 0.5) is 4.79 Å². The van der Waals surface area contributed by atoms with Crippen LogP contribution in [0.3, 0.4) is 0 Å². The van der Waals surface area contributed by atoms with Gasteiger partial charge in [0.15, 0.2) is 0 Å². The van der Waals surface area contributed by atoms with Crippen LogP contribution in [0.15, 0.2) is 0 Å². The van der Waals surface area contributed by atoms with E-state index in [1.165, 1.54) is 11.3 Å². The number of carboxylic acid groups (broad SMARTS) is 1. The van der Waals surface area contributed by atoms with Gasteiger partial charge in [0.25, 0.3) is 0 Å². The van der Waals surface area contributed by atoms with Crippen molar-refractivity contribution < 1.29 is 14.7 Å². The summed E-state index contributed by atoms with van der Waals surface area (Å²) in [4.78, 5) is 23.9. The van der Waals surface area contributed by atoms with Gasteiger partial charge in [0.05, 0.1) is 0 Å². The summed E-state index contributed by atoms with van der Waals surface area (Å²) in [5, 5.41) is 11.6. The van der Waals surface area contributed by atoms with Crippen LogP contribution < -0.4 is 5.32 Å². The third-order valence-electron chi connectivity index (χ3n) is 2.86. The van der Waals surface area contributed by atoms with Gasteiger partial charge in [0.2, 0.25) is 0 Å². The molecule has 0 atom stereocenters. The molecule has 1 saturated carbocycles. The number of hydrogen-bond acceptors (Lipinski definition) is 3. The quantitative estimate of drug-likeness (QED) is 0.629. The summed E-state index contributed by atoms with van der Waals surface area (Å²) >= 11 is 1.83. The largest absolute Gasteiger partial charge is 0.480 e. The van der Waals surface area contributed by atoms with E-state index in [0.717, 1.165) is 31.4 Å². The first-order chi connectivity index (χ1) is 8.65. The van der Waals surface area contributed by atoms with Crippen LogP contribution in [0.2, 0.25) is 0 Å². The fourth-order valence-electron chi connectivity index (χ4n) is 1.74. The maximum atomic E-state index is 11.8. The summed E-state index contributed by atoms with van der Waals surface area (Å²) in [7, 11) is 0. The molecule has 1 aliphatic rings. The van der Waals surface area contributed by atoms with Gasteiger partial charge in [0.1, 0.15) is 6.54 Å². The van der Waals surface area contributed by atoms with Crippen LogP contribution in [0.25, 0.3) is 0 Å². The Balaban J connectivity index is 2.15. The molecular weight excluding hydrogens is 252 g/mol. The van der Waals surface area contributed by atoms with E-state index in [1.807, 2.05) is 11.8 Å². The standard InChI is InChI=1S/C12H22N2O3S/c1-18-8-4-2-3-7-13-12(17)14(9-11(15)16)10-5-6-10/h10H,2-9H2,1H3,(H,13,17)(H,15,16). The van der Waals surface area contributed by atoms with Crippen molar-refractivity contribution in [2.24, 2.45) is 0 Å². The Morgan fingerprint density at radius 2 is 2.06 bits per heavy atom. The zero-order valence-electron chi connectivity index (χ0n) is 10.9. The summed E-state index contributed by atoms with van der Waals surface area (Å²) < 4.78 is 0. The van der Waals surface area contributed by atoms with Crippen LogP contribution in [0.5, 0.6) is 0 Å². The molecule has 5 nitrogen and oxygen atoms in total. The summed E-state index contributed by atoms with van der Waals surface area (Å²) in [6, 6.07) is -0.0950. The molecule has 0 aromatic rings. The van der Waals surface area contributed by atoms with Gasteiger partial charge in [-0.2, -0.15) is 11.8 Å². The zero-order valence-corrected chi connectivity index (χ0v) is 11.7. The van der Waals surface area contributed by atoms with Gasteiger partial charge in [-0.15, -0.1) is 0 Å². The third kappa shape index (κ3) is 6.14. The molecule has 0 unspecified atom stereocenters. The normalized spacial score (nSPS) is 14.3. The third-order valence-corrected chi connectivity index (χ3v) is 3.55. The minimum Gasteiger partial charge on any atom is -0.480 e. The number of urea groups is 1. The Morgan fingerprint density at radius 3 is 2.61 bits per heavy atom. The number of nitrogens with zero attached hydrogens (tertiary/aromatic N) is 1. The first-order valence-electron chi connectivity index (χ1n) is 6.40. The molecule has 0 spiro atoms. The van der Waals surface area contributed by atoms with E-state index in [2.05, 4.69) is 11.6 Å². The van der Waals surface area contributed by atoms with Gasteiger partial charge in [-0.25, -0.2) is 4.79 Å². The van der Waals surface area contributed by atoms with Gasteiger partial charge >= 0.3 is 12.0 Å². The van der Waals surface area contributed by atoms with Gasteiger partial charge in [-0.3, -0.25) is 4.79 Å². The molecule has 0 radical (unpaired) electrons. The molecule has 1 rings (SSSR count). The molecule has 2 amide bonds. The summed E-state index contributed by atoms with van der Waals surface area (Å²) in [5.74, 6) is 0.207. The van der Waals surface area contributed by atoms with Crippen molar-refractivity contribution in [3.63, 3.8) is 0 Å². The fourth-order valence-corrected chi connectivity index (χ4v) is 2.24. The molecule has 0 aliphatic heterocycles. The van der Waals surface area contributed by atoms with Crippen molar-refractivity contribution in [3.8, 4) is 0 Å². The molecule has 1 aliphatic carbocycles. The molecule has 1 fully saturated rings. The van der Waals surface area contributed by atoms with Crippen LogP contribution in [-0.4, -0.2) is 53.1 Å². The summed E-state index contributed by atoms with van der Waals surface area (Å²) in [5.41, 5.74) is 0. The fraction of sp³-hybridized carbons (Fsp3) is 0.833. The van der Waals surface area contributed by atoms with Gasteiger partial charge in [0, 0.05) is 12.6 Å². The molecular formula is C12H22N2O3S. The topological polar surface area (TPSA) is 69.6 Å². The van der Waals surface area contributed by atoms with E-state index in [-0.39, 0.29) is 18.6 Å². The number of thioether (sulfide) groups is 1. The highest BCUT2D eigenvalue weighted by molar-refractivity contribution is 7.98. The van der Waals surface area contributed by atoms with Crippen molar-refractivity contribution in [2.75, 3.05) is 25.1 Å². The molecule has 0 bridgehead atoms. The Bertz CT molecular complexity index is 282. The zero-order chi connectivity index (χ0) is 13.4. The second kappa shape index (κ2) is 8.24. The number of hydrogen-bond donors (Lipinski definition) is 2. The number of carbonyl (C=O) groups is 2. The molecule has 0 aromatic carbocycles. The molecule has 2 N–H and O–H groups in total. The van der Waals surface area contributed by atoms with Crippen LogP contribution in [0, 0.1) is 0 Å². The molecule has 0 saturated heterocycles. The second-order valence-electron chi connectivity index (χ2n) is 4.54. The lowest BCUT2D eigenvalue weighted by Crippen LogP contribution is -2.44. The molecule has 0 aromatic heterocycles. The minimum atomic E-state index is -0.947.